The molecular formula is C25H21N5O3S. The number of hydrogen-bond donors (Lipinski definition) is 1. The van der Waals surface area contributed by atoms with Crippen molar-refractivity contribution in [2.45, 2.75) is 6.42 Å². The van der Waals surface area contributed by atoms with Gasteiger partial charge in [-0.2, -0.15) is 10.1 Å². The second-order valence-electron chi connectivity index (χ2n) is 7.52. The second kappa shape index (κ2) is 9.32. The minimum Gasteiger partial charge on any atom is -0.496 e. The lowest BCUT2D eigenvalue weighted by Crippen LogP contribution is -2.17. The molecule has 3 heterocycles. The van der Waals surface area contributed by atoms with Crippen LogP contribution in [0.1, 0.15) is 21.9 Å². The molecule has 0 saturated carbocycles. The van der Waals surface area contributed by atoms with E-state index in [0.29, 0.717) is 41.0 Å². The van der Waals surface area contributed by atoms with Gasteiger partial charge in [0.25, 0.3) is 5.91 Å². The van der Waals surface area contributed by atoms with E-state index < -0.39 is 0 Å². The van der Waals surface area contributed by atoms with E-state index in [-0.39, 0.29) is 5.91 Å². The van der Waals surface area contributed by atoms with Gasteiger partial charge in [-0.3, -0.25) is 9.48 Å². The number of rotatable bonds is 7. The summed E-state index contributed by atoms with van der Waals surface area (Å²) in [4.78, 5) is 18.6. The van der Waals surface area contributed by atoms with Crippen LogP contribution in [-0.2, 0) is 13.5 Å². The van der Waals surface area contributed by atoms with Crippen LogP contribution in [0.2, 0.25) is 0 Å². The van der Waals surface area contributed by atoms with Crippen LogP contribution in [0.3, 0.4) is 0 Å². The largest absolute Gasteiger partial charge is 0.496 e. The van der Waals surface area contributed by atoms with Gasteiger partial charge in [0.05, 0.1) is 24.1 Å². The van der Waals surface area contributed by atoms with Crippen LogP contribution in [0.5, 0.6) is 5.75 Å². The zero-order chi connectivity index (χ0) is 23.5. The van der Waals surface area contributed by atoms with E-state index >= 15 is 0 Å². The van der Waals surface area contributed by atoms with Crippen LogP contribution >= 0.6 is 11.3 Å². The molecule has 170 valence electrons. The molecule has 9 heteroatoms. The van der Waals surface area contributed by atoms with Crippen molar-refractivity contribution in [2.75, 3.05) is 12.4 Å². The maximum Gasteiger partial charge on any atom is 0.273 e. The third-order valence-electron chi connectivity index (χ3n) is 5.31. The summed E-state index contributed by atoms with van der Waals surface area (Å²) in [7, 11) is 3.35. The molecule has 0 radical (unpaired) electrons. The minimum atomic E-state index is -0.270. The predicted molar refractivity (Wildman–Crippen MR) is 130 cm³/mol. The molecule has 1 amide bonds. The number of methoxy groups -OCH3 is 1. The van der Waals surface area contributed by atoms with Crippen molar-refractivity contribution in [1.82, 2.24) is 19.9 Å². The zero-order valence-corrected chi connectivity index (χ0v) is 19.4. The Morgan fingerprint density at radius 2 is 1.94 bits per heavy atom. The number of thiophene rings is 1. The van der Waals surface area contributed by atoms with E-state index in [1.807, 2.05) is 66.0 Å². The van der Waals surface area contributed by atoms with Crippen molar-refractivity contribution >= 4 is 22.9 Å². The lowest BCUT2D eigenvalue weighted by molar-refractivity contribution is 0.101. The number of ether oxygens (including phenoxy) is 1. The highest BCUT2D eigenvalue weighted by molar-refractivity contribution is 7.13. The number of aryl methyl sites for hydroxylation is 1. The Morgan fingerprint density at radius 3 is 2.76 bits per heavy atom. The fourth-order valence-electron chi connectivity index (χ4n) is 3.65. The number of anilines is 1. The van der Waals surface area contributed by atoms with Crippen molar-refractivity contribution in [1.29, 1.82) is 0 Å². The van der Waals surface area contributed by atoms with Gasteiger partial charge in [0.1, 0.15) is 11.4 Å². The number of hydrogen-bond acceptors (Lipinski definition) is 7. The lowest BCUT2D eigenvalue weighted by Gasteiger charge is -2.09. The normalized spacial score (nSPS) is 10.9. The maximum atomic E-state index is 13.1. The van der Waals surface area contributed by atoms with Gasteiger partial charge in [-0.25, -0.2) is 0 Å². The van der Waals surface area contributed by atoms with Gasteiger partial charge in [0.2, 0.25) is 11.7 Å². The fourth-order valence-corrected chi connectivity index (χ4v) is 4.30. The van der Waals surface area contributed by atoms with Crippen LogP contribution in [0.4, 0.5) is 5.69 Å². The van der Waals surface area contributed by atoms with Gasteiger partial charge in [0.15, 0.2) is 0 Å². The molecule has 5 rings (SSSR count). The Labute approximate surface area is 199 Å². The monoisotopic (exact) mass is 471 g/mol. The van der Waals surface area contributed by atoms with Crippen LogP contribution in [0, 0.1) is 0 Å². The van der Waals surface area contributed by atoms with Gasteiger partial charge in [0, 0.05) is 18.3 Å². The molecule has 5 aromatic rings. The molecule has 34 heavy (non-hydrogen) atoms. The highest BCUT2D eigenvalue weighted by Crippen LogP contribution is 2.29. The van der Waals surface area contributed by atoms with Gasteiger partial charge in [-0.1, -0.05) is 41.6 Å². The molecule has 0 fully saturated rings. The summed E-state index contributed by atoms with van der Waals surface area (Å²) in [5.74, 6) is 1.46. The van der Waals surface area contributed by atoms with E-state index in [1.165, 1.54) is 0 Å². The van der Waals surface area contributed by atoms with Crippen molar-refractivity contribution in [2.24, 2.45) is 7.05 Å². The summed E-state index contributed by atoms with van der Waals surface area (Å²) in [5, 5.41) is 13.5. The molecule has 0 aliphatic heterocycles. The van der Waals surface area contributed by atoms with Crippen molar-refractivity contribution in [3.05, 3.63) is 89.3 Å². The van der Waals surface area contributed by atoms with Gasteiger partial charge < -0.3 is 14.6 Å². The molecule has 0 unspecified atom stereocenters. The average Bonchev–Trinajstić information content (AvgIpc) is 3.61. The average molecular weight is 472 g/mol. The second-order valence-corrected chi connectivity index (χ2v) is 8.46. The topological polar surface area (TPSA) is 95.1 Å². The van der Waals surface area contributed by atoms with Crippen LogP contribution in [0.25, 0.3) is 22.0 Å². The van der Waals surface area contributed by atoms with Gasteiger partial charge in [-0.15, -0.1) is 11.3 Å². The molecular weight excluding hydrogens is 450 g/mol. The summed E-state index contributed by atoms with van der Waals surface area (Å²) in [6, 6.07) is 20.8. The first-order valence-electron chi connectivity index (χ1n) is 10.6. The molecule has 0 saturated heterocycles. The molecule has 0 aliphatic rings. The van der Waals surface area contributed by atoms with Crippen LogP contribution in [-0.4, -0.2) is 32.9 Å². The van der Waals surface area contributed by atoms with E-state index in [1.54, 1.807) is 36.2 Å². The van der Waals surface area contributed by atoms with Gasteiger partial charge >= 0.3 is 0 Å². The molecule has 1 N–H and O–H groups in total. The van der Waals surface area contributed by atoms with Crippen molar-refractivity contribution in [3.63, 3.8) is 0 Å². The van der Waals surface area contributed by atoms with E-state index in [0.717, 1.165) is 16.0 Å². The fraction of sp³-hybridized carbons (Fsp3) is 0.120. The third kappa shape index (κ3) is 4.33. The van der Waals surface area contributed by atoms with Crippen LogP contribution < -0.4 is 10.1 Å². The number of nitrogens with one attached hydrogen (secondary N) is 1. The Morgan fingerprint density at radius 1 is 1.12 bits per heavy atom. The van der Waals surface area contributed by atoms with E-state index in [9.17, 15) is 4.79 Å². The lowest BCUT2D eigenvalue weighted by atomic mass is 10.1. The molecule has 0 aliphatic carbocycles. The molecule has 2 aromatic carbocycles. The van der Waals surface area contributed by atoms with Gasteiger partial charge in [-0.05, 0) is 41.3 Å². The van der Waals surface area contributed by atoms with Crippen molar-refractivity contribution in [3.8, 4) is 27.7 Å². The highest BCUT2D eigenvalue weighted by Gasteiger charge is 2.18. The quantitative estimate of drug-likeness (QED) is 0.357. The van der Waals surface area contributed by atoms with Crippen molar-refractivity contribution < 1.29 is 14.1 Å². The van der Waals surface area contributed by atoms with E-state index in [4.69, 9.17) is 9.26 Å². The number of aromatic nitrogens is 4. The smallest absolute Gasteiger partial charge is 0.273 e. The predicted octanol–water partition coefficient (Wildman–Crippen LogP) is 5.05. The number of carbonyl (C=O) groups excluding carboxylic acids is 1. The SMILES string of the molecule is COc1ccccc1-c1cc(C(=O)Nc2ccccc2Cc2nc(-c3cccs3)no2)n(C)n1. The first kappa shape index (κ1) is 21.6. The highest BCUT2D eigenvalue weighted by atomic mass is 32.1. The Bertz CT molecular complexity index is 1440. The number of nitrogens with zero attached hydrogens (tertiary/aromatic N) is 4. The van der Waals surface area contributed by atoms with Crippen LogP contribution in [0.15, 0.2) is 76.6 Å². The first-order chi connectivity index (χ1) is 16.6. The number of benzene rings is 2. The summed E-state index contributed by atoms with van der Waals surface area (Å²) in [5.41, 5.74) is 3.43. The summed E-state index contributed by atoms with van der Waals surface area (Å²) in [6.45, 7) is 0. The summed E-state index contributed by atoms with van der Waals surface area (Å²) >= 11 is 1.55. The first-order valence-corrected chi connectivity index (χ1v) is 11.4. The summed E-state index contributed by atoms with van der Waals surface area (Å²) < 4.78 is 12.4. The van der Waals surface area contributed by atoms with E-state index in [2.05, 4.69) is 20.6 Å². The number of amides is 1. The molecule has 0 spiro atoms. The maximum absolute atomic E-state index is 13.1. The Balaban J connectivity index is 1.37. The molecule has 3 aromatic heterocycles. The summed E-state index contributed by atoms with van der Waals surface area (Å²) in [6.07, 6.45) is 0.396. The molecule has 0 bridgehead atoms. The Kier molecular flexibility index (Phi) is 5.92. The minimum absolute atomic E-state index is 0.270. The number of para-hydroxylation sites is 2. The standard InChI is InChI=1S/C25H21N5O3S/c1-30-20(15-19(28-30)17-9-4-6-11-21(17)32-2)25(31)26-18-10-5-3-8-16(18)14-23-27-24(29-33-23)22-12-7-13-34-22/h3-13,15H,14H2,1-2H3,(H,26,31). The third-order valence-corrected chi connectivity index (χ3v) is 6.18. The number of carbonyl (C=O) groups is 1. The molecule has 0 atom stereocenters. The Hall–Kier alpha value is -4.24. The zero-order valence-electron chi connectivity index (χ0n) is 18.6. The molecule has 8 nitrogen and oxygen atoms in total.